The summed E-state index contributed by atoms with van der Waals surface area (Å²) in [5.41, 5.74) is 0.925. The highest BCUT2D eigenvalue weighted by atomic mass is 16.2. The van der Waals surface area contributed by atoms with Crippen molar-refractivity contribution in [1.82, 2.24) is 5.32 Å². The Morgan fingerprint density at radius 1 is 1.18 bits per heavy atom. The molecule has 2 aliphatic heterocycles. The van der Waals surface area contributed by atoms with Crippen LogP contribution < -0.4 is 10.2 Å². The predicted octanol–water partition coefficient (Wildman–Crippen LogP) is 1.79. The SMILES string of the molecule is O=C1N(c2ccccc2)CCC12CCCNC2. The van der Waals surface area contributed by atoms with E-state index in [9.17, 15) is 4.79 Å². The molecule has 1 N–H and O–H groups in total. The Bertz CT molecular complexity index is 409. The summed E-state index contributed by atoms with van der Waals surface area (Å²) in [4.78, 5) is 14.5. The minimum Gasteiger partial charge on any atom is -0.316 e. The molecule has 3 rings (SSSR count). The molecule has 90 valence electrons. The van der Waals surface area contributed by atoms with Gasteiger partial charge in [0.05, 0.1) is 5.41 Å². The summed E-state index contributed by atoms with van der Waals surface area (Å²) >= 11 is 0. The Labute approximate surface area is 102 Å². The van der Waals surface area contributed by atoms with Crippen molar-refractivity contribution in [2.45, 2.75) is 19.3 Å². The molecule has 0 bridgehead atoms. The topological polar surface area (TPSA) is 32.3 Å². The third-order valence-electron chi connectivity index (χ3n) is 4.05. The maximum atomic E-state index is 12.6. The van der Waals surface area contributed by atoms with Gasteiger partial charge >= 0.3 is 0 Å². The van der Waals surface area contributed by atoms with Gasteiger partial charge in [-0.05, 0) is 37.9 Å². The van der Waals surface area contributed by atoms with Gasteiger partial charge in [-0.2, -0.15) is 0 Å². The summed E-state index contributed by atoms with van der Waals surface area (Å²) in [6.45, 7) is 2.78. The maximum absolute atomic E-state index is 12.6. The lowest BCUT2D eigenvalue weighted by atomic mass is 9.79. The van der Waals surface area contributed by atoms with Crippen molar-refractivity contribution in [3.8, 4) is 0 Å². The highest BCUT2D eigenvalue weighted by Gasteiger charge is 2.47. The minimum atomic E-state index is -0.117. The van der Waals surface area contributed by atoms with Gasteiger partial charge in [0.2, 0.25) is 5.91 Å². The van der Waals surface area contributed by atoms with Crippen LogP contribution in [0.4, 0.5) is 5.69 Å². The number of nitrogens with zero attached hydrogens (tertiary/aromatic N) is 1. The van der Waals surface area contributed by atoms with Crippen molar-refractivity contribution in [3.63, 3.8) is 0 Å². The monoisotopic (exact) mass is 230 g/mol. The molecule has 2 fully saturated rings. The van der Waals surface area contributed by atoms with Crippen molar-refractivity contribution in [2.75, 3.05) is 24.5 Å². The van der Waals surface area contributed by atoms with Crippen LogP contribution in [0.5, 0.6) is 0 Å². The first kappa shape index (κ1) is 10.8. The number of amides is 1. The summed E-state index contributed by atoms with van der Waals surface area (Å²) < 4.78 is 0. The number of anilines is 1. The normalized spacial score (nSPS) is 28.9. The highest BCUT2D eigenvalue weighted by molar-refractivity contribution is 6.00. The fraction of sp³-hybridized carbons (Fsp3) is 0.500. The van der Waals surface area contributed by atoms with Crippen LogP contribution in [-0.2, 0) is 4.79 Å². The van der Waals surface area contributed by atoms with Gasteiger partial charge in [0, 0.05) is 18.8 Å². The van der Waals surface area contributed by atoms with E-state index in [-0.39, 0.29) is 5.41 Å². The van der Waals surface area contributed by atoms with Crippen LogP contribution >= 0.6 is 0 Å². The standard InChI is InChI=1S/C14H18N2O/c17-13-14(7-4-9-15-11-14)8-10-16(13)12-5-2-1-3-6-12/h1-3,5-6,15H,4,7-11H2. The third kappa shape index (κ3) is 1.75. The van der Waals surface area contributed by atoms with Crippen molar-refractivity contribution in [3.05, 3.63) is 30.3 Å². The van der Waals surface area contributed by atoms with Gasteiger partial charge in [-0.1, -0.05) is 18.2 Å². The average molecular weight is 230 g/mol. The molecule has 0 aliphatic carbocycles. The zero-order valence-corrected chi connectivity index (χ0v) is 9.98. The van der Waals surface area contributed by atoms with E-state index in [0.717, 1.165) is 44.6 Å². The maximum Gasteiger partial charge on any atom is 0.234 e. The molecule has 1 unspecified atom stereocenters. The fourth-order valence-electron chi connectivity index (χ4n) is 3.04. The Morgan fingerprint density at radius 2 is 2.00 bits per heavy atom. The summed E-state index contributed by atoms with van der Waals surface area (Å²) in [7, 11) is 0. The van der Waals surface area contributed by atoms with Crippen molar-refractivity contribution in [1.29, 1.82) is 0 Å². The van der Waals surface area contributed by atoms with E-state index in [1.54, 1.807) is 0 Å². The molecule has 3 heteroatoms. The van der Waals surface area contributed by atoms with Gasteiger partial charge < -0.3 is 10.2 Å². The van der Waals surface area contributed by atoms with E-state index in [1.807, 2.05) is 35.2 Å². The number of nitrogens with one attached hydrogen (secondary N) is 1. The smallest absolute Gasteiger partial charge is 0.234 e. The fourth-order valence-corrected chi connectivity index (χ4v) is 3.04. The molecular formula is C14H18N2O. The highest BCUT2D eigenvalue weighted by Crippen LogP contribution is 2.39. The molecule has 2 saturated heterocycles. The van der Waals surface area contributed by atoms with Crippen LogP contribution in [0.1, 0.15) is 19.3 Å². The Kier molecular flexibility index (Phi) is 2.63. The number of carbonyl (C=O) groups is 1. The van der Waals surface area contributed by atoms with E-state index < -0.39 is 0 Å². The Morgan fingerprint density at radius 3 is 2.71 bits per heavy atom. The number of para-hydroxylation sites is 1. The molecule has 3 nitrogen and oxygen atoms in total. The quantitative estimate of drug-likeness (QED) is 0.797. The molecule has 0 radical (unpaired) electrons. The summed E-state index contributed by atoms with van der Waals surface area (Å²) in [5, 5.41) is 3.37. The number of carbonyl (C=O) groups excluding carboxylic acids is 1. The number of hydrogen-bond acceptors (Lipinski definition) is 2. The molecule has 1 spiro atoms. The van der Waals surface area contributed by atoms with Crippen LogP contribution in [0.15, 0.2) is 30.3 Å². The van der Waals surface area contributed by atoms with Crippen LogP contribution in [-0.4, -0.2) is 25.5 Å². The van der Waals surface area contributed by atoms with Gasteiger partial charge in [-0.15, -0.1) is 0 Å². The largest absolute Gasteiger partial charge is 0.316 e. The van der Waals surface area contributed by atoms with Gasteiger partial charge in [0.1, 0.15) is 0 Å². The first-order valence-electron chi connectivity index (χ1n) is 6.40. The van der Waals surface area contributed by atoms with Crippen molar-refractivity contribution in [2.24, 2.45) is 5.41 Å². The second kappa shape index (κ2) is 4.15. The van der Waals surface area contributed by atoms with Gasteiger partial charge in [-0.25, -0.2) is 0 Å². The van der Waals surface area contributed by atoms with Crippen molar-refractivity contribution < 1.29 is 4.79 Å². The number of hydrogen-bond donors (Lipinski definition) is 1. The van der Waals surface area contributed by atoms with Crippen LogP contribution in [0.3, 0.4) is 0 Å². The summed E-state index contributed by atoms with van der Waals surface area (Å²) in [6, 6.07) is 10.0. The molecule has 1 aromatic rings. The molecule has 1 aromatic carbocycles. The molecule has 1 atom stereocenters. The number of rotatable bonds is 1. The number of benzene rings is 1. The van der Waals surface area contributed by atoms with E-state index in [2.05, 4.69) is 5.32 Å². The second-order valence-corrected chi connectivity index (χ2v) is 5.10. The molecule has 2 heterocycles. The van der Waals surface area contributed by atoms with Gasteiger partial charge in [0.15, 0.2) is 0 Å². The Hall–Kier alpha value is -1.35. The van der Waals surface area contributed by atoms with E-state index in [0.29, 0.717) is 5.91 Å². The van der Waals surface area contributed by atoms with Crippen LogP contribution in [0.25, 0.3) is 0 Å². The molecular weight excluding hydrogens is 212 g/mol. The third-order valence-corrected chi connectivity index (χ3v) is 4.05. The second-order valence-electron chi connectivity index (χ2n) is 5.10. The zero-order valence-electron chi connectivity index (χ0n) is 9.98. The lowest BCUT2D eigenvalue weighted by Crippen LogP contribution is -2.45. The van der Waals surface area contributed by atoms with Crippen molar-refractivity contribution >= 4 is 11.6 Å². The molecule has 0 aromatic heterocycles. The van der Waals surface area contributed by atoms with Crippen LogP contribution in [0, 0.1) is 5.41 Å². The Balaban J connectivity index is 1.85. The van der Waals surface area contributed by atoms with Gasteiger partial charge in [0.25, 0.3) is 0 Å². The van der Waals surface area contributed by atoms with E-state index in [1.165, 1.54) is 0 Å². The lowest BCUT2D eigenvalue weighted by Gasteiger charge is -2.32. The van der Waals surface area contributed by atoms with Gasteiger partial charge in [-0.3, -0.25) is 4.79 Å². The number of piperidine rings is 1. The molecule has 2 aliphatic rings. The van der Waals surface area contributed by atoms with E-state index >= 15 is 0 Å². The first-order chi connectivity index (χ1) is 8.32. The van der Waals surface area contributed by atoms with Crippen LogP contribution in [0.2, 0.25) is 0 Å². The molecule has 0 saturated carbocycles. The first-order valence-corrected chi connectivity index (χ1v) is 6.40. The summed E-state index contributed by atoms with van der Waals surface area (Å²) in [6.07, 6.45) is 3.16. The zero-order chi connectivity index (χ0) is 11.7. The van der Waals surface area contributed by atoms with E-state index in [4.69, 9.17) is 0 Å². The minimum absolute atomic E-state index is 0.117. The predicted molar refractivity (Wildman–Crippen MR) is 67.9 cm³/mol. The lowest BCUT2D eigenvalue weighted by molar-refractivity contribution is -0.126. The average Bonchev–Trinajstić information content (AvgIpc) is 2.70. The molecule has 17 heavy (non-hydrogen) atoms. The summed E-state index contributed by atoms with van der Waals surface area (Å²) in [5.74, 6) is 0.316. The molecule has 1 amide bonds.